The van der Waals surface area contributed by atoms with Crippen LogP contribution in [0.15, 0.2) is 35.3 Å². The monoisotopic (exact) mass is 416 g/mol. The summed E-state index contributed by atoms with van der Waals surface area (Å²) in [6, 6.07) is 10.3. The predicted octanol–water partition coefficient (Wildman–Crippen LogP) is 0.801. The molecule has 1 aromatic rings. The summed E-state index contributed by atoms with van der Waals surface area (Å²) < 4.78 is 0. The number of benzene rings is 1. The zero-order valence-corrected chi connectivity index (χ0v) is 18.5. The van der Waals surface area contributed by atoms with Crippen molar-refractivity contribution in [2.45, 2.75) is 38.8 Å². The van der Waals surface area contributed by atoms with Crippen LogP contribution in [0.1, 0.15) is 31.7 Å². The molecule has 8 nitrogen and oxygen atoms in total. The van der Waals surface area contributed by atoms with Crippen LogP contribution in [0.3, 0.4) is 0 Å². The Morgan fingerprint density at radius 1 is 1.13 bits per heavy atom. The van der Waals surface area contributed by atoms with E-state index in [4.69, 9.17) is 0 Å². The van der Waals surface area contributed by atoms with Gasteiger partial charge in [0.2, 0.25) is 11.8 Å². The highest BCUT2D eigenvalue weighted by atomic mass is 16.2. The van der Waals surface area contributed by atoms with E-state index in [1.165, 1.54) is 0 Å². The largest absolute Gasteiger partial charge is 0.355 e. The fourth-order valence-corrected chi connectivity index (χ4v) is 3.18. The van der Waals surface area contributed by atoms with E-state index in [9.17, 15) is 9.59 Å². The highest BCUT2D eigenvalue weighted by Gasteiger charge is 2.21. The summed E-state index contributed by atoms with van der Waals surface area (Å²) in [5, 5.41) is 9.56. The van der Waals surface area contributed by atoms with Crippen LogP contribution >= 0.6 is 0 Å². The molecule has 1 aliphatic heterocycles. The molecule has 2 rings (SSSR count). The summed E-state index contributed by atoms with van der Waals surface area (Å²) in [5.74, 6) is 0.738. The van der Waals surface area contributed by atoms with E-state index in [0.29, 0.717) is 19.0 Å². The molecule has 0 unspecified atom stereocenters. The number of guanidine groups is 1. The first-order valence-corrected chi connectivity index (χ1v) is 10.8. The van der Waals surface area contributed by atoms with Crippen molar-refractivity contribution in [1.29, 1.82) is 0 Å². The minimum Gasteiger partial charge on any atom is -0.355 e. The fourth-order valence-electron chi connectivity index (χ4n) is 3.18. The average Bonchev–Trinajstić information content (AvgIpc) is 2.75. The number of likely N-dealkylation sites (N-methyl/N-ethyl adjacent to an activating group) is 1. The molecule has 3 N–H and O–H groups in total. The van der Waals surface area contributed by atoms with Gasteiger partial charge in [0.15, 0.2) is 5.96 Å². The number of carbonyl (C=O) groups is 2. The van der Waals surface area contributed by atoms with Gasteiger partial charge in [-0.25, -0.2) is 4.99 Å². The van der Waals surface area contributed by atoms with Gasteiger partial charge in [-0.1, -0.05) is 37.3 Å². The molecule has 0 saturated carbocycles. The van der Waals surface area contributed by atoms with Gasteiger partial charge in [0, 0.05) is 39.8 Å². The molecule has 1 aromatic carbocycles. The van der Waals surface area contributed by atoms with Gasteiger partial charge in [-0.15, -0.1) is 0 Å². The maximum Gasteiger partial charge on any atom is 0.241 e. The summed E-state index contributed by atoms with van der Waals surface area (Å²) in [7, 11) is 3.48. The van der Waals surface area contributed by atoms with E-state index in [2.05, 4.69) is 32.8 Å². The van der Waals surface area contributed by atoms with Crippen molar-refractivity contribution >= 4 is 17.8 Å². The molecular formula is C22H36N6O2. The Bertz CT molecular complexity index is 684. The van der Waals surface area contributed by atoms with Gasteiger partial charge in [-0.05, 0) is 24.8 Å². The summed E-state index contributed by atoms with van der Waals surface area (Å²) in [4.78, 5) is 32.3. The Hall–Kier alpha value is -2.61. The molecule has 2 amide bonds. The first-order valence-electron chi connectivity index (χ1n) is 10.8. The molecule has 1 heterocycles. The molecular weight excluding hydrogens is 380 g/mol. The molecule has 0 radical (unpaired) electrons. The minimum atomic E-state index is -0.00266. The maximum atomic E-state index is 12.0. The number of rotatable bonds is 9. The summed E-state index contributed by atoms with van der Waals surface area (Å²) in [6.07, 6.45) is 2.80. The average molecular weight is 417 g/mol. The number of nitrogens with zero attached hydrogens (tertiary/aromatic N) is 3. The van der Waals surface area contributed by atoms with Crippen molar-refractivity contribution in [3.63, 3.8) is 0 Å². The first kappa shape index (κ1) is 23.7. The first-order chi connectivity index (χ1) is 14.5. The number of likely N-dealkylation sites (tertiary alicyclic amines) is 1. The second-order valence-corrected chi connectivity index (χ2v) is 7.84. The van der Waals surface area contributed by atoms with Gasteiger partial charge in [-0.3, -0.25) is 14.5 Å². The number of piperidine rings is 1. The van der Waals surface area contributed by atoms with E-state index in [1.54, 1.807) is 19.0 Å². The lowest BCUT2D eigenvalue weighted by molar-refractivity contribution is -0.127. The second-order valence-electron chi connectivity index (χ2n) is 7.84. The number of nitrogens with one attached hydrogen (secondary N) is 3. The highest BCUT2D eigenvalue weighted by Crippen LogP contribution is 2.10. The van der Waals surface area contributed by atoms with Crippen LogP contribution in [-0.2, 0) is 16.1 Å². The van der Waals surface area contributed by atoms with E-state index in [1.807, 2.05) is 30.3 Å². The Labute approximate surface area is 180 Å². The zero-order valence-electron chi connectivity index (χ0n) is 18.5. The lowest BCUT2D eigenvalue weighted by Gasteiger charge is -2.32. The van der Waals surface area contributed by atoms with Gasteiger partial charge in [0.05, 0.1) is 19.6 Å². The van der Waals surface area contributed by atoms with E-state index in [0.717, 1.165) is 44.5 Å². The van der Waals surface area contributed by atoms with Crippen LogP contribution in [0.2, 0.25) is 0 Å². The fraction of sp³-hybridized carbons (Fsp3) is 0.591. The van der Waals surface area contributed by atoms with Gasteiger partial charge in [0.25, 0.3) is 0 Å². The number of aliphatic imine (C=N–C) groups is 1. The quantitative estimate of drug-likeness (QED) is 0.409. The molecule has 0 spiro atoms. The van der Waals surface area contributed by atoms with Crippen LogP contribution < -0.4 is 16.0 Å². The van der Waals surface area contributed by atoms with Crippen LogP contribution in [0.4, 0.5) is 0 Å². The third kappa shape index (κ3) is 8.82. The molecule has 0 atom stereocenters. The molecule has 1 aliphatic rings. The molecule has 166 valence electrons. The van der Waals surface area contributed by atoms with Crippen molar-refractivity contribution < 1.29 is 9.59 Å². The van der Waals surface area contributed by atoms with Gasteiger partial charge in [0.1, 0.15) is 0 Å². The van der Waals surface area contributed by atoms with Crippen LogP contribution in [0.5, 0.6) is 0 Å². The number of carbonyl (C=O) groups excluding carboxylic acids is 2. The summed E-state index contributed by atoms with van der Waals surface area (Å²) in [6.45, 7) is 5.70. The molecule has 0 aromatic heterocycles. The second kappa shape index (κ2) is 12.8. The summed E-state index contributed by atoms with van der Waals surface area (Å²) in [5.41, 5.74) is 1.12. The molecule has 1 fully saturated rings. The van der Waals surface area contributed by atoms with Crippen molar-refractivity contribution in [3.8, 4) is 0 Å². The lowest BCUT2D eigenvalue weighted by atomic mass is 10.1. The summed E-state index contributed by atoms with van der Waals surface area (Å²) >= 11 is 0. The topological polar surface area (TPSA) is 89.1 Å². The number of amides is 2. The Balaban J connectivity index is 1.87. The van der Waals surface area contributed by atoms with Gasteiger partial charge >= 0.3 is 0 Å². The Morgan fingerprint density at radius 3 is 2.47 bits per heavy atom. The van der Waals surface area contributed by atoms with Gasteiger partial charge < -0.3 is 20.9 Å². The van der Waals surface area contributed by atoms with Crippen molar-refractivity contribution in [1.82, 2.24) is 25.8 Å². The van der Waals surface area contributed by atoms with E-state index >= 15 is 0 Å². The van der Waals surface area contributed by atoms with Crippen molar-refractivity contribution in [2.75, 3.05) is 46.8 Å². The third-order valence-electron chi connectivity index (χ3n) is 5.04. The zero-order chi connectivity index (χ0) is 21.8. The van der Waals surface area contributed by atoms with Crippen LogP contribution in [0.25, 0.3) is 0 Å². The lowest BCUT2D eigenvalue weighted by Crippen LogP contribution is -2.51. The molecule has 0 aliphatic carbocycles. The number of hydrogen-bond donors (Lipinski definition) is 3. The van der Waals surface area contributed by atoms with E-state index < -0.39 is 0 Å². The molecule has 30 heavy (non-hydrogen) atoms. The predicted molar refractivity (Wildman–Crippen MR) is 120 cm³/mol. The van der Waals surface area contributed by atoms with Crippen LogP contribution in [0, 0.1) is 0 Å². The Morgan fingerprint density at radius 2 is 1.83 bits per heavy atom. The van der Waals surface area contributed by atoms with Gasteiger partial charge in [-0.2, -0.15) is 0 Å². The minimum absolute atomic E-state index is 0.00266. The highest BCUT2D eigenvalue weighted by molar-refractivity contribution is 5.86. The molecule has 0 bridgehead atoms. The molecule has 1 saturated heterocycles. The SMILES string of the molecule is CCCNC(=O)CN1CCC(NC(=NCc2ccccc2)NCC(=O)N(C)C)CC1. The van der Waals surface area contributed by atoms with Crippen molar-refractivity contribution in [3.05, 3.63) is 35.9 Å². The smallest absolute Gasteiger partial charge is 0.241 e. The third-order valence-corrected chi connectivity index (χ3v) is 5.04. The number of hydrogen-bond acceptors (Lipinski definition) is 4. The molecule has 8 heteroatoms. The maximum absolute atomic E-state index is 12.0. The van der Waals surface area contributed by atoms with E-state index in [-0.39, 0.29) is 24.4 Å². The Kier molecular flexibility index (Phi) is 10.1. The van der Waals surface area contributed by atoms with Crippen molar-refractivity contribution in [2.24, 2.45) is 4.99 Å². The normalized spacial score (nSPS) is 15.5. The standard InChI is InChI=1S/C22H36N6O2/c1-4-12-23-20(29)17-28-13-10-19(11-14-28)26-22(25-16-21(30)27(2)3)24-15-18-8-6-5-7-9-18/h5-9,19H,4,10-17H2,1-3H3,(H,23,29)(H2,24,25,26). The van der Waals surface area contributed by atoms with Crippen LogP contribution in [-0.4, -0.2) is 80.4 Å².